The largest absolute Gasteiger partial charge is 0.468 e. The minimum atomic E-state index is -3.57. The lowest BCUT2D eigenvalue weighted by molar-refractivity contribution is -0.138. The molecule has 0 atom stereocenters. The Kier molecular flexibility index (Phi) is 5.52. The summed E-state index contributed by atoms with van der Waals surface area (Å²) in [6, 6.07) is 6.61. The second kappa shape index (κ2) is 6.71. The van der Waals surface area contributed by atoms with Gasteiger partial charge in [0.25, 0.3) is 0 Å². The molecule has 0 aliphatic rings. The predicted octanol–water partition coefficient (Wildman–Crippen LogP) is 0.936. The van der Waals surface area contributed by atoms with E-state index in [4.69, 9.17) is 0 Å². The van der Waals surface area contributed by atoms with Gasteiger partial charge in [-0.3, -0.25) is 4.79 Å². The lowest BCUT2D eigenvalue weighted by atomic mass is 10.3. The van der Waals surface area contributed by atoms with Crippen LogP contribution in [0.5, 0.6) is 0 Å². The van der Waals surface area contributed by atoms with E-state index in [2.05, 4.69) is 4.74 Å². The van der Waals surface area contributed by atoms with E-state index < -0.39 is 16.0 Å². The molecule has 7 heteroatoms. The Morgan fingerprint density at radius 1 is 1.25 bits per heavy atom. The zero-order valence-corrected chi connectivity index (χ0v) is 13.0. The molecule has 0 radical (unpaired) electrons. The first-order valence-electron chi connectivity index (χ1n) is 6.18. The third-order valence-corrected chi connectivity index (χ3v) is 4.76. The van der Waals surface area contributed by atoms with E-state index in [1.165, 1.54) is 27.3 Å². The molecule has 0 saturated heterocycles. The minimum Gasteiger partial charge on any atom is -0.468 e. The van der Waals surface area contributed by atoms with Crippen LogP contribution in [0.15, 0.2) is 29.2 Å². The lowest BCUT2D eigenvalue weighted by Gasteiger charge is -2.25. The summed E-state index contributed by atoms with van der Waals surface area (Å²) >= 11 is 0. The first-order chi connectivity index (χ1) is 9.34. The highest BCUT2D eigenvalue weighted by molar-refractivity contribution is 7.89. The normalized spacial score (nSPS) is 11.4. The highest BCUT2D eigenvalue weighted by atomic mass is 32.2. The van der Waals surface area contributed by atoms with Crippen molar-refractivity contribution in [1.82, 2.24) is 4.31 Å². The van der Waals surface area contributed by atoms with Gasteiger partial charge < -0.3 is 9.64 Å². The third kappa shape index (κ3) is 3.49. The number of rotatable bonds is 6. The number of para-hydroxylation sites is 1. The van der Waals surface area contributed by atoms with Crippen molar-refractivity contribution in [3.05, 3.63) is 24.3 Å². The van der Waals surface area contributed by atoms with Crippen LogP contribution in [0.2, 0.25) is 0 Å². The fourth-order valence-corrected chi connectivity index (χ4v) is 2.83. The average Bonchev–Trinajstić information content (AvgIpc) is 2.44. The summed E-state index contributed by atoms with van der Waals surface area (Å²) in [5.41, 5.74) is 0.495. The highest BCUT2D eigenvalue weighted by Crippen LogP contribution is 2.26. The molecular weight excluding hydrogens is 280 g/mol. The maximum atomic E-state index is 12.3. The zero-order chi connectivity index (χ0) is 15.3. The Bertz CT molecular complexity index is 569. The second-order valence-corrected chi connectivity index (χ2v) is 6.47. The second-order valence-electron chi connectivity index (χ2n) is 4.35. The zero-order valence-electron chi connectivity index (χ0n) is 12.2. The number of methoxy groups -OCH3 is 1. The molecule has 1 aromatic carbocycles. The van der Waals surface area contributed by atoms with E-state index in [1.807, 2.05) is 6.92 Å². The van der Waals surface area contributed by atoms with Crippen LogP contribution in [-0.4, -0.2) is 53.0 Å². The molecule has 0 saturated carbocycles. The molecule has 1 aromatic rings. The van der Waals surface area contributed by atoms with Gasteiger partial charge >= 0.3 is 5.97 Å². The fraction of sp³-hybridized carbons (Fsp3) is 0.462. The van der Waals surface area contributed by atoms with Gasteiger partial charge in [0.05, 0.1) is 12.8 Å². The number of benzene rings is 1. The van der Waals surface area contributed by atoms with Gasteiger partial charge in [-0.2, -0.15) is 0 Å². The monoisotopic (exact) mass is 300 g/mol. The molecule has 0 N–H and O–H groups in total. The topological polar surface area (TPSA) is 66.9 Å². The predicted molar refractivity (Wildman–Crippen MR) is 77.2 cm³/mol. The van der Waals surface area contributed by atoms with Crippen LogP contribution in [0.1, 0.15) is 6.92 Å². The summed E-state index contributed by atoms with van der Waals surface area (Å²) < 4.78 is 30.4. The summed E-state index contributed by atoms with van der Waals surface area (Å²) in [6.45, 7) is 2.35. The maximum Gasteiger partial charge on any atom is 0.325 e. The molecule has 1 rings (SSSR count). The highest BCUT2D eigenvalue weighted by Gasteiger charge is 2.24. The molecule has 0 heterocycles. The van der Waals surface area contributed by atoms with E-state index in [-0.39, 0.29) is 11.4 Å². The van der Waals surface area contributed by atoms with Crippen molar-refractivity contribution < 1.29 is 17.9 Å². The van der Waals surface area contributed by atoms with Crippen LogP contribution >= 0.6 is 0 Å². The number of sulfonamides is 1. The van der Waals surface area contributed by atoms with Crippen LogP contribution in [-0.2, 0) is 19.6 Å². The molecule has 6 nitrogen and oxygen atoms in total. The van der Waals surface area contributed by atoms with Gasteiger partial charge in [-0.25, -0.2) is 12.7 Å². The molecule has 0 aromatic heterocycles. The van der Waals surface area contributed by atoms with Gasteiger partial charge in [-0.05, 0) is 19.1 Å². The van der Waals surface area contributed by atoms with Crippen molar-refractivity contribution in [2.45, 2.75) is 11.8 Å². The number of hydrogen-bond donors (Lipinski definition) is 0. The molecule has 0 aliphatic heterocycles. The first kappa shape index (κ1) is 16.5. The van der Waals surface area contributed by atoms with Gasteiger partial charge in [-0.15, -0.1) is 0 Å². The number of anilines is 1. The minimum absolute atomic E-state index is 0.00691. The smallest absolute Gasteiger partial charge is 0.325 e. The molecule has 0 spiro atoms. The summed E-state index contributed by atoms with van der Waals surface area (Å²) in [4.78, 5) is 13.3. The number of nitrogens with zero attached hydrogens (tertiary/aromatic N) is 2. The van der Waals surface area contributed by atoms with Crippen molar-refractivity contribution in [3.63, 3.8) is 0 Å². The molecule has 0 aliphatic carbocycles. The molecule has 0 unspecified atom stereocenters. The quantitative estimate of drug-likeness (QED) is 0.731. The number of carbonyl (C=O) groups is 1. The van der Waals surface area contributed by atoms with Gasteiger partial charge in [0.2, 0.25) is 10.0 Å². The number of ether oxygens (including phenoxy) is 1. The van der Waals surface area contributed by atoms with Crippen LogP contribution in [0.4, 0.5) is 5.69 Å². The van der Waals surface area contributed by atoms with E-state index >= 15 is 0 Å². The Balaban J connectivity index is 3.28. The Hall–Kier alpha value is -1.60. The molecule has 0 amide bonds. The van der Waals surface area contributed by atoms with Crippen LogP contribution in [0.25, 0.3) is 0 Å². The molecular formula is C13H20N2O4S. The van der Waals surface area contributed by atoms with Crippen molar-refractivity contribution in [2.24, 2.45) is 0 Å². The fourth-order valence-electron chi connectivity index (χ4n) is 1.72. The summed E-state index contributed by atoms with van der Waals surface area (Å²) in [5.74, 6) is -0.413. The van der Waals surface area contributed by atoms with Crippen molar-refractivity contribution in [2.75, 3.05) is 39.2 Å². The molecule has 112 valence electrons. The summed E-state index contributed by atoms with van der Waals surface area (Å²) in [5, 5.41) is 0. The Morgan fingerprint density at radius 2 is 1.85 bits per heavy atom. The number of esters is 1. The third-order valence-electron chi connectivity index (χ3n) is 2.89. The SMILES string of the molecule is CCN(CC(=O)OC)c1ccccc1S(=O)(=O)N(C)C. The Labute approximate surface area is 120 Å². The summed E-state index contributed by atoms with van der Waals surface area (Å²) in [6.07, 6.45) is 0. The van der Waals surface area contributed by atoms with E-state index in [9.17, 15) is 13.2 Å². The van der Waals surface area contributed by atoms with E-state index in [1.54, 1.807) is 23.1 Å². The van der Waals surface area contributed by atoms with Crippen molar-refractivity contribution >= 4 is 21.7 Å². The number of carbonyl (C=O) groups excluding carboxylic acids is 1. The number of likely N-dealkylation sites (N-methyl/N-ethyl adjacent to an activating group) is 1. The lowest BCUT2D eigenvalue weighted by Crippen LogP contribution is -2.32. The van der Waals surface area contributed by atoms with Gasteiger partial charge in [0, 0.05) is 20.6 Å². The van der Waals surface area contributed by atoms with Gasteiger partial charge in [-0.1, -0.05) is 12.1 Å². The van der Waals surface area contributed by atoms with Gasteiger partial charge in [0.15, 0.2) is 0 Å². The van der Waals surface area contributed by atoms with Gasteiger partial charge in [0.1, 0.15) is 11.4 Å². The standard InChI is InChI=1S/C13H20N2O4S/c1-5-15(10-13(16)19-4)11-8-6-7-9-12(11)20(17,18)14(2)3/h6-9H,5,10H2,1-4H3. The van der Waals surface area contributed by atoms with Crippen molar-refractivity contribution in [1.29, 1.82) is 0 Å². The van der Waals surface area contributed by atoms with Crippen LogP contribution < -0.4 is 4.90 Å². The Morgan fingerprint density at radius 3 is 2.35 bits per heavy atom. The molecule has 0 bridgehead atoms. The van der Waals surface area contributed by atoms with Crippen LogP contribution in [0.3, 0.4) is 0 Å². The first-order valence-corrected chi connectivity index (χ1v) is 7.62. The molecule has 0 fully saturated rings. The molecule has 20 heavy (non-hydrogen) atoms. The van der Waals surface area contributed by atoms with E-state index in [0.29, 0.717) is 12.2 Å². The van der Waals surface area contributed by atoms with E-state index in [0.717, 1.165) is 4.31 Å². The van der Waals surface area contributed by atoms with Crippen molar-refractivity contribution in [3.8, 4) is 0 Å². The average molecular weight is 300 g/mol. The summed E-state index contributed by atoms with van der Waals surface area (Å²) in [7, 11) is 0.688. The maximum absolute atomic E-state index is 12.3. The number of hydrogen-bond acceptors (Lipinski definition) is 5. The van der Waals surface area contributed by atoms with Crippen LogP contribution in [0, 0.1) is 0 Å².